The molecule has 0 saturated heterocycles. The van der Waals surface area contributed by atoms with Crippen LogP contribution in [0.2, 0.25) is 0 Å². The molecule has 1 aromatic rings. The highest BCUT2D eigenvalue weighted by Crippen LogP contribution is 2.36. The van der Waals surface area contributed by atoms with Gasteiger partial charge in [-0.3, -0.25) is 0 Å². The Hall–Kier alpha value is -1.72. The van der Waals surface area contributed by atoms with Gasteiger partial charge in [-0.05, 0) is 58.7 Å². The van der Waals surface area contributed by atoms with Crippen molar-refractivity contribution in [3.63, 3.8) is 0 Å². The van der Waals surface area contributed by atoms with E-state index in [9.17, 15) is 18.0 Å². The second kappa shape index (κ2) is 6.18. The van der Waals surface area contributed by atoms with Gasteiger partial charge in [0.05, 0.1) is 5.56 Å². The third kappa shape index (κ3) is 4.93. The minimum Gasteiger partial charge on any atom is -0.442 e. The maximum absolute atomic E-state index is 13.0. The average molecular weight is 317 g/mol. The van der Waals surface area contributed by atoms with Crippen LogP contribution in [0, 0.1) is 13.8 Å². The molecule has 124 valence electrons. The maximum Gasteiger partial charge on any atom is 0.416 e. The molecule has 1 N–H and O–H groups in total. The molecule has 0 aliphatic carbocycles. The van der Waals surface area contributed by atoms with Crippen molar-refractivity contribution in [3.8, 4) is 0 Å². The number of aryl methyl sites for hydroxylation is 1. The van der Waals surface area contributed by atoms with Crippen LogP contribution in [0.1, 0.15) is 56.1 Å². The molecule has 0 spiro atoms. The Morgan fingerprint density at radius 2 is 1.73 bits per heavy atom. The Labute approximate surface area is 128 Å². The van der Waals surface area contributed by atoms with Gasteiger partial charge in [0.25, 0.3) is 0 Å². The van der Waals surface area contributed by atoms with E-state index in [0.29, 0.717) is 11.1 Å². The maximum atomic E-state index is 13.0. The lowest BCUT2D eigenvalue weighted by molar-refractivity contribution is -0.138. The van der Waals surface area contributed by atoms with Crippen molar-refractivity contribution in [2.24, 2.45) is 0 Å². The highest BCUT2D eigenvalue weighted by atomic mass is 19.4. The van der Waals surface area contributed by atoms with Gasteiger partial charge in [-0.1, -0.05) is 11.6 Å². The number of carbonyl (C=O) groups excluding carboxylic acids is 1. The summed E-state index contributed by atoms with van der Waals surface area (Å²) in [6, 6.07) is 2.71. The van der Waals surface area contributed by atoms with E-state index in [1.165, 1.54) is 6.92 Å². The van der Waals surface area contributed by atoms with Gasteiger partial charge in [-0.25, -0.2) is 4.79 Å². The first-order chi connectivity index (χ1) is 9.81. The second-order valence-corrected chi connectivity index (χ2v) is 6.45. The fraction of sp³-hybridized carbons (Fsp3) is 0.562. The minimum absolute atomic E-state index is 0.0779. The molecule has 0 aliphatic rings. The molecule has 0 saturated carbocycles. The lowest BCUT2D eigenvalue weighted by Crippen LogP contribution is -2.41. The SMILES string of the molecule is Cc1cc([C@@H](C)OC(=O)NC(C)(C)C)c(C)c(C(F)(F)F)c1. The molecule has 0 aromatic heterocycles. The normalized spacial score (nSPS) is 13.7. The number of nitrogens with one attached hydrogen (secondary N) is 1. The van der Waals surface area contributed by atoms with Gasteiger partial charge in [-0.15, -0.1) is 0 Å². The van der Waals surface area contributed by atoms with Crippen LogP contribution >= 0.6 is 0 Å². The van der Waals surface area contributed by atoms with Gasteiger partial charge in [0.2, 0.25) is 0 Å². The molecule has 1 rings (SSSR count). The number of amides is 1. The lowest BCUT2D eigenvalue weighted by Gasteiger charge is -2.24. The predicted molar refractivity (Wildman–Crippen MR) is 78.7 cm³/mol. The molecule has 0 aliphatic heterocycles. The number of halogens is 3. The van der Waals surface area contributed by atoms with E-state index in [1.54, 1.807) is 40.7 Å². The standard InChI is InChI=1S/C16H22F3NO2/c1-9-7-12(10(2)13(8-9)16(17,18)19)11(3)22-14(21)20-15(4,5)6/h7-8,11H,1-6H3,(H,20,21)/t11-/m1/s1. The van der Waals surface area contributed by atoms with Gasteiger partial charge in [0.15, 0.2) is 0 Å². The Bertz CT molecular complexity index is 560. The number of carbonyl (C=O) groups is 1. The van der Waals surface area contributed by atoms with Gasteiger partial charge in [0.1, 0.15) is 6.10 Å². The topological polar surface area (TPSA) is 38.3 Å². The van der Waals surface area contributed by atoms with E-state index >= 15 is 0 Å². The summed E-state index contributed by atoms with van der Waals surface area (Å²) in [6.07, 6.45) is -5.86. The summed E-state index contributed by atoms with van der Waals surface area (Å²) in [5.74, 6) is 0. The quantitative estimate of drug-likeness (QED) is 0.842. The summed E-state index contributed by atoms with van der Waals surface area (Å²) in [6.45, 7) is 9.90. The molecule has 0 fully saturated rings. The Morgan fingerprint density at radius 3 is 2.18 bits per heavy atom. The molecule has 0 radical (unpaired) electrons. The summed E-state index contributed by atoms with van der Waals surface area (Å²) < 4.78 is 44.3. The van der Waals surface area contributed by atoms with Crippen molar-refractivity contribution in [1.82, 2.24) is 5.32 Å². The molecular weight excluding hydrogens is 295 g/mol. The highest BCUT2D eigenvalue weighted by molar-refractivity contribution is 5.68. The van der Waals surface area contributed by atoms with Crippen LogP contribution in [-0.2, 0) is 10.9 Å². The van der Waals surface area contributed by atoms with Gasteiger partial charge >= 0.3 is 12.3 Å². The summed E-state index contributed by atoms with van der Waals surface area (Å²) in [4.78, 5) is 11.8. The van der Waals surface area contributed by atoms with Crippen molar-refractivity contribution in [2.75, 3.05) is 0 Å². The zero-order chi connectivity index (χ0) is 17.3. The lowest BCUT2D eigenvalue weighted by atomic mass is 9.96. The number of alkyl halides is 3. The number of ether oxygens (including phenoxy) is 1. The predicted octanol–water partition coefficient (Wildman–Crippen LogP) is 4.91. The smallest absolute Gasteiger partial charge is 0.416 e. The average Bonchev–Trinajstić information content (AvgIpc) is 2.27. The molecule has 3 nitrogen and oxygen atoms in total. The van der Waals surface area contributed by atoms with E-state index in [-0.39, 0.29) is 5.56 Å². The van der Waals surface area contributed by atoms with Crippen LogP contribution in [0.3, 0.4) is 0 Å². The van der Waals surface area contributed by atoms with Gasteiger partial charge < -0.3 is 10.1 Å². The van der Waals surface area contributed by atoms with Gasteiger partial charge in [0, 0.05) is 5.54 Å². The first-order valence-electron chi connectivity index (χ1n) is 6.98. The van der Waals surface area contributed by atoms with Crippen LogP contribution in [-0.4, -0.2) is 11.6 Å². The first-order valence-corrected chi connectivity index (χ1v) is 6.98. The largest absolute Gasteiger partial charge is 0.442 e. The molecule has 0 bridgehead atoms. The molecule has 22 heavy (non-hydrogen) atoms. The van der Waals surface area contributed by atoms with Crippen molar-refractivity contribution >= 4 is 6.09 Å². The van der Waals surface area contributed by atoms with Gasteiger partial charge in [-0.2, -0.15) is 13.2 Å². The van der Waals surface area contributed by atoms with Crippen LogP contribution in [0.5, 0.6) is 0 Å². The Balaban J connectivity index is 3.06. The number of benzene rings is 1. The van der Waals surface area contributed by atoms with Crippen molar-refractivity contribution in [2.45, 2.75) is 59.4 Å². The molecule has 0 heterocycles. The van der Waals surface area contributed by atoms with Crippen LogP contribution in [0.25, 0.3) is 0 Å². The van der Waals surface area contributed by atoms with Crippen LogP contribution < -0.4 is 5.32 Å². The van der Waals surface area contributed by atoms with E-state index in [1.807, 2.05) is 0 Å². The summed E-state index contributed by atoms with van der Waals surface area (Å²) in [7, 11) is 0. The third-order valence-electron chi connectivity index (χ3n) is 3.10. The first kappa shape index (κ1) is 18.3. The summed E-state index contributed by atoms with van der Waals surface area (Å²) in [5.41, 5.74) is -0.269. The number of hydrogen-bond donors (Lipinski definition) is 1. The van der Waals surface area contributed by atoms with Crippen molar-refractivity contribution in [3.05, 3.63) is 34.4 Å². The minimum atomic E-state index is -4.43. The van der Waals surface area contributed by atoms with E-state index in [2.05, 4.69) is 5.32 Å². The van der Waals surface area contributed by atoms with Crippen LogP contribution in [0.4, 0.5) is 18.0 Å². The second-order valence-electron chi connectivity index (χ2n) is 6.45. The van der Waals surface area contributed by atoms with Crippen molar-refractivity contribution < 1.29 is 22.7 Å². The van der Waals surface area contributed by atoms with E-state index in [4.69, 9.17) is 4.74 Å². The summed E-state index contributed by atoms with van der Waals surface area (Å²) >= 11 is 0. The van der Waals surface area contributed by atoms with Crippen LogP contribution in [0.15, 0.2) is 12.1 Å². The molecular formula is C16H22F3NO2. The zero-order valence-corrected chi connectivity index (χ0v) is 13.7. The fourth-order valence-corrected chi connectivity index (χ4v) is 2.16. The van der Waals surface area contributed by atoms with E-state index < -0.39 is 29.5 Å². The van der Waals surface area contributed by atoms with E-state index in [0.717, 1.165) is 6.07 Å². The highest BCUT2D eigenvalue weighted by Gasteiger charge is 2.34. The van der Waals surface area contributed by atoms with Crippen molar-refractivity contribution in [1.29, 1.82) is 0 Å². The number of hydrogen-bond acceptors (Lipinski definition) is 2. The monoisotopic (exact) mass is 317 g/mol. The number of alkyl carbamates (subject to hydrolysis) is 1. The molecule has 1 aromatic carbocycles. The zero-order valence-electron chi connectivity index (χ0n) is 13.7. The summed E-state index contributed by atoms with van der Waals surface area (Å²) in [5, 5.41) is 2.62. The molecule has 1 amide bonds. The fourth-order valence-electron chi connectivity index (χ4n) is 2.16. The molecule has 6 heteroatoms. The third-order valence-corrected chi connectivity index (χ3v) is 3.10. The Kier molecular flexibility index (Phi) is 5.15. The molecule has 0 unspecified atom stereocenters. The Morgan fingerprint density at radius 1 is 1.18 bits per heavy atom. The molecule has 1 atom stereocenters. The number of rotatable bonds is 2.